The van der Waals surface area contributed by atoms with Crippen LogP contribution in [0, 0.1) is 0 Å². The van der Waals surface area contributed by atoms with Crippen molar-refractivity contribution in [2.75, 3.05) is 0 Å². The van der Waals surface area contributed by atoms with Crippen LogP contribution in [0.1, 0.15) is 0 Å². The second-order valence-corrected chi connectivity index (χ2v) is 12.8. The maximum Gasteiger partial charge on any atom is 0.0846 e. The molecule has 4 heteroatoms. The van der Waals surface area contributed by atoms with Crippen molar-refractivity contribution < 1.29 is 0 Å². The summed E-state index contributed by atoms with van der Waals surface area (Å²) >= 11 is 4.00. The zero-order valence-corrected chi connectivity index (χ0v) is 26.3. The fourth-order valence-electron chi connectivity index (χ4n) is 7.63. The molecule has 0 spiro atoms. The highest BCUT2D eigenvalue weighted by molar-refractivity contribution is 9.10. The van der Waals surface area contributed by atoms with E-state index < -0.39 is 0 Å². The minimum Gasteiger partial charge on any atom is -0.309 e. The number of rotatable bonds is 3. The molecule has 0 aliphatic heterocycles. The molecule has 10 aromatic rings. The molecule has 46 heavy (non-hydrogen) atoms. The van der Waals surface area contributed by atoms with Crippen LogP contribution in [0.4, 0.5) is 0 Å². The first-order valence-electron chi connectivity index (χ1n) is 15.6. The largest absolute Gasteiger partial charge is 0.309 e. The number of nitrogens with zero attached hydrogens (tertiary/aromatic N) is 3. The summed E-state index contributed by atoms with van der Waals surface area (Å²) in [4.78, 5) is 0. The summed E-state index contributed by atoms with van der Waals surface area (Å²) in [6, 6.07) is 57.1. The second kappa shape index (κ2) is 9.71. The molecule has 10 rings (SSSR count). The highest BCUT2D eigenvalue weighted by atomic mass is 79.9. The van der Waals surface area contributed by atoms with Crippen LogP contribution in [0.5, 0.6) is 0 Å². The topological polar surface area (TPSA) is 14.8 Å². The van der Waals surface area contributed by atoms with Crippen LogP contribution in [-0.4, -0.2) is 13.7 Å². The van der Waals surface area contributed by atoms with Crippen LogP contribution < -0.4 is 0 Å². The first-order chi connectivity index (χ1) is 22.8. The van der Waals surface area contributed by atoms with Crippen LogP contribution in [0.25, 0.3) is 82.5 Å². The SMILES string of the molecule is Brc1cccc(-n2c3ccccc3c3cc(-n4c5ccccc5c5ccccc54)ccc32)c1-n1c2ccccc2c2ccccc21. The van der Waals surface area contributed by atoms with Crippen molar-refractivity contribution >= 4 is 81.3 Å². The first kappa shape index (κ1) is 25.7. The summed E-state index contributed by atoms with van der Waals surface area (Å²) in [5.74, 6) is 0. The van der Waals surface area contributed by atoms with Crippen molar-refractivity contribution in [1.82, 2.24) is 13.7 Å². The van der Waals surface area contributed by atoms with Crippen LogP contribution in [-0.2, 0) is 0 Å². The number of aromatic nitrogens is 3. The normalized spacial score (nSPS) is 12.0. The molecule has 3 nitrogen and oxygen atoms in total. The Balaban J connectivity index is 1.30. The Bertz CT molecular complexity index is 2720. The minimum atomic E-state index is 1.05. The lowest BCUT2D eigenvalue weighted by molar-refractivity contribution is 1.09. The summed E-state index contributed by atoms with van der Waals surface area (Å²) in [7, 11) is 0. The fraction of sp³-hybridized carbons (Fsp3) is 0. The minimum absolute atomic E-state index is 1.05. The molecule has 0 atom stereocenters. The van der Waals surface area contributed by atoms with Crippen molar-refractivity contribution in [3.63, 3.8) is 0 Å². The lowest BCUT2D eigenvalue weighted by Crippen LogP contribution is -2.04. The van der Waals surface area contributed by atoms with Gasteiger partial charge in [0.15, 0.2) is 0 Å². The average molecular weight is 653 g/mol. The van der Waals surface area contributed by atoms with E-state index in [0.717, 1.165) is 21.5 Å². The predicted molar refractivity (Wildman–Crippen MR) is 197 cm³/mol. The van der Waals surface area contributed by atoms with Crippen LogP contribution in [0.2, 0.25) is 0 Å². The van der Waals surface area contributed by atoms with Crippen molar-refractivity contribution in [2.24, 2.45) is 0 Å². The molecule has 0 saturated carbocycles. The standard InChI is InChI=1S/C42H26BrN3/c43-34-17-11-23-41(42(34)46-38-21-9-3-14-30(38)31-15-4-10-22-39(31)46)45-37-20-8-5-16-32(37)33-26-27(24-25-40(33)45)44-35-18-6-1-12-28(35)29-13-2-7-19-36(29)44/h1-26H. The van der Waals surface area contributed by atoms with Crippen molar-refractivity contribution in [3.05, 3.63) is 162 Å². The van der Waals surface area contributed by atoms with E-state index in [1.165, 1.54) is 65.4 Å². The third-order valence-corrected chi connectivity index (χ3v) is 10.1. The van der Waals surface area contributed by atoms with E-state index in [0.29, 0.717) is 0 Å². The summed E-state index contributed by atoms with van der Waals surface area (Å²) in [6.07, 6.45) is 0. The molecule has 3 aromatic heterocycles. The quantitative estimate of drug-likeness (QED) is 0.180. The molecule has 0 fully saturated rings. The second-order valence-electron chi connectivity index (χ2n) is 11.9. The Morgan fingerprint density at radius 3 is 1.26 bits per heavy atom. The van der Waals surface area contributed by atoms with E-state index in [1.807, 2.05) is 0 Å². The molecule has 0 aliphatic rings. The van der Waals surface area contributed by atoms with Gasteiger partial charge in [-0.2, -0.15) is 0 Å². The number of para-hydroxylation sites is 6. The van der Waals surface area contributed by atoms with Crippen LogP contribution >= 0.6 is 15.9 Å². The Hall–Kier alpha value is -5.58. The summed E-state index contributed by atoms with van der Waals surface area (Å²) < 4.78 is 8.30. The third-order valence-electron chi connectivity index (χ3n) is 9.50. The number of hydrogen-bond acceptors (Lipinski definition) is 0. The predicted octanol–water partition coefficient (Wildman–Crippen LogP) is 11.7. The number of fused-ring (bicyclic) bond motifs is 9. The van der Waals surface area contributed by atoms with E-state index in [9.17, 15) is 0 Å². The molecular formula is C42H26BrN3. The lowest BCUT2D eigenvalue weighted by Gasteiger charge is -2.18. The van der Waals surface area contributed by atoms with Gasteiger partial charge in [-0.25, -0.2) is 0 Å². The van der Waals surface area contributed by atoms with Crippen molar-refractivity contribution in [2.45, 2.75) is 0 Å². The molecule has 216 valence electrons. The van der Waals surface area contributed by atoms with E-state index in [4.69, 9.17) is 0 Å². The smallest absolute Gasteiger partial charge is 0.0846 e. The lowest BCUT2D eigenvalue weighted by atomic mass is 10.1. The summed E-state index contributed by atoms with van der Waals surface area (Å²) in [6.45, 7) is 0. The molecule has 0 amide bonds. The van der Waals surface area contributed by atoms with E-state index in [1.54, 1.807) is 0 Å². The van der Waals surface area contributed by atoms with Crippen molar-refractivity contribution in [3.8, 4) is 17.1 Å². The Kier molecular flexibility index (Phi) is 5.43. The Morgan fingerprint density at radius 2 is 0.739 bits per heavy atom. The van der Waals surface area contributed by atoms with Crippen LogP contribution in [0.3, 0.4) is 0 Å². The van der Waals surface area contributed by atoms with Gasteiger partial charge in [-0.05, 0) is 76.6 Å². The van der Waals surface area contributed by atoms with E-state index in [-0.39, 0.29) is 0 Å². The van der Waals surface area contributed by atoms with Gasteiger partial charge in [0.25, 0.3) is 0 Å². The summed E-state index contributed by atoms with van der Waals surface area (Å²) in [5.41, 5.74) is 10.6. The molecule has 0 saturated heterocycles. The van der Waals surface area contributed by atoms with Gasteiger partial charge in [0.05, 0.1) is 44.5 Å². The van der Waals surface area contributed by atoms with E-state index >= 15 is 0 Å². The van der Waals surface area contributed by atoms with Gasteiger partial charge in [-0.3, -0.25) is 0 Å². The Morgan fingerprint density at radius 1 is 0.326 bits per heavy atom. The molecule has 7 aromatic carbocycles. The number of benzene rings is 7. The Labute approximate surface area is 273 Å². The molecule has 0 aliphatic carbocycles. The van der Waals surface area contributed by atoms with Gasteiger partial charge < -0.3 is 13.7 Å². The first-order valence-corrected chi connectivity index (χ1v) is 16.4. The van der Waals surface area contributed by atoms with Crippen LogP contribution in [0.15, 0.2) is 162 Å². The summed E-state index contributed by atoms with van der Waals surface area (Å²) in [5, 5.41) is 7.49. The molecular weight excluding hydrogens is 626 g/mol. The monoisotopic (exact) mass is 651 g/mol. The molecule has 0 unspecified atom stereocenters. The van der Waals surface area contributed by atoms with E-state index in [2.05, 4.69) is 187 Å². The number of halogens is 1. The van der Waals surface area contributed by atoms with Gasteiger partial charge >= 0.3 is 0 Å². The van der Waals surface area contributed by atoms with Gasteiger partial charge in [0.2, 0.25) is 0 Å². The fourth-order valence-corrected chi connectivity index (χ4v) is 8.16. The zero-order valence-electron chi connectivity index (χ0n) is 24.7. The molecule has 0 bridgehead atoms. The molecule has 0 N–H and O–H groups in total. The van der Waals surface area contributed by atoms with Gasteiger partial charge in [0.1, 0.15) is 0 Å². The van der Waals surface area contributed by atoms with Gasteiger partial charge in [-0.1, -0.05) is 97.1 Å². The van der Waals surface area contributed by atoms with Gasteiger partial charge in [-0.15, -0.1) is 0 Å². The maximum absolute atomic E-state index is 4.00. The number of hydrogen-bond donors (Lipinski definition) is 0. The highest BCUT2D eigenvalue weighted by Crippen LogP contribution is 2.41. The van der Waals surface area contributed by atoms with Gasteiger partial charge in [0, 0.05) is 42.5 Å². The average Bonchev–Trinajstić information content (AvgIpc) is 3.74. The highest BCUT2D eigenvalue weighted by Gasteiger charge is 2.21. The molecule has 0 radical (unpaired) electrons. The maximum atomic E-state index is 4.00. The zero-order chi connectivity index (χ0) is 30.4. The van der Waals surface area contributed by atoms with Crippen molar-refractivity contribution in [1.29, 1.82) is 0 Å². The molecule has 3 heterocycles. The third kappa shape index (κ3) is 3.48.